The molecule has 0 amide bonds. The number of hydrogen-bond acceptors (Lipinski definition) is 0. The molecule has 0 saturated carbocycles. The van der Waals surface area contributed by atoms with Crippen molar-refractivity contribution in [3.63, 3.8) is 0 Å². The van der Waals surface area contributed by atoms with E-state index in [1.54, 1.807) is 0 Å². The van der Waals surface area contributed by atoms with Crippen molar-refractivity contribution in [3.05, 3.63) is 29.3 Å². The van der Waals surface area contributed by atoms with Crippen molar-refractivity contribution < 1.29 is 0 Å². The molecule has 0 bridgehead atoms. The van der Waals surface area contributed by atoms with Crippen molar-refractivity contribution >= 4 is 5.69 Å². The van der Waals surface area contributed by atoms with E-state index in [0.29, 0.717) is 5.69 Å². The fourth-order valence-corrected chi connectivity index (χ4v) is 1.80. The molecule has 0 spiro atoms. The molecule has 0 atom stereocenters. The van der Waals surface area contributed by atoms with Gasteiger partial charge in [-0.25, -0.2) is 0 Å². The minimum absolute atomic E-state index is 0.0539. The maximum absolute atomic E-state index is 8.26. The van der Waals surface area contributed by atoms with Gasteiger partial charge < -0.3 is 5.73 Å². The van der Waals surface area contributed by atoms with Crippen LogP contribution in [0.4, 0.5) is 5.69 Å². The SMILES string of the molecule is CC(C)(C)c1cccc(C(C)(C)C)c1[NH]. The van der Waals surface area contributed by atoms with Crippen LogP contribution in [0.3, 0.4) is 0 Å². The maximum Gasteiger partial charge on any atom is 0.0614 e. The van der Waals surface area contributed by atoms with Crippen LogP contribution in [0, 0.1) is 0 Å². The van der Waals surface area contributed by atoms with Gasteiger partial charge >= 0.3 is 0 Å². The molecule has 1 aromatic carbocycles. The summed E-state index contributed by atoms with van der Waals surface area (Å²) in [6.45, 7) is 13.0. The fraction of sp³-hybridized carbons (Fsp3) is 0.571. The Morgan fingerprint density at radius 2 is 1.13 bits per heavy atom. The average Bonchev–Trinajstić information content (AvgIpc) is 1.99. The first-order valence-corrected chi connectivity index (χ1v) is 5.49. The van der Waals surface area contributed by atoms with Gasteiger partial charge in [0.25, 0.3) is 0 Å². The summed E-state index contributed by atoms with van der Waals surface area (Å²) in [7, 11) is 0. The largest absolute Gasteiger partial charge is 0.300 e. The second kappa shape index (κ2) is 3.55. The predicted octanol–water partition coefficient (Wildman–Crippen LogP) is 4.20. The smallest absolute Gasteiger partial charge is 0.0614 e. The van der Waals surface area contributed by atoms with Gasteiger partial charge in [0.15, 0.2) is 0 Å². The molecule has 0 saturated heterocycles. The Bertz CT molecular complexity index is 318. The summed E-state index contributed by atoms with van der Waals surface area (Å²) in [6, 6.07) is 6.20. The molecule has 0 aliphatic heterocycles. The van der Waals surface area contributed by atoms with Crippen LogP contribution in [0.5, 0.6) is 0 Å². The van der Waals surface area contributed by atoms with Gasteiger partial charge in [0.05, 0.1) is 5.69 Å². The van der Waals surface area contributed by atoms with E-state index in [1.165, 1.54) is 0 Å². The van der Waals surface area contributed by atoms with Gasteiger partial charge in [-0.3, -0.25) is 0 Å². The molecule has 1 rings (SSSR count). The first-order valence-electron chi connectivity index (χ1n) is 5.49. The molecule has 1 nitrogen and oxygen atoms in total. The molecule has 1 radical (unpaired) electrons. The van der Waals surface area contributed by atoms with Gasteiger partial charge in [0, 0.05) is 0 Å². The van der Waals surface area contributed by atoms with Crippen LogP contribution in [0.1, 0.15) is 52.7 Å². The zero-order valence-corrected chi connectivity index (χ0v) is 10.7. The third-order valence-corrected chi connectivity index (χ3v) is 2.68. The van der Waals surface area contributed by atoms with E-state index < -0.39 is 0 Å². The number of rotatable bonds is 0. The normalized spacial score (nSPS) is 12.9. The van der Waals surface area contributed by atoms with E-state index in [0.717, 1.165) is 11.1 Å². The van der Waals surface area contributed by atoms with Gasteiger partial charge in [0.1, 0.15) is 0 Å². The van der Waals surface area contributed by atoms with E-state index in [4.69, 9.17) is 5.73 Å². The lowest BCUT2D eigenvalue weighted by Crippen LogP contribution is -2.17. The summed E-state index contributed by atoms with van der Waals surface area (Å²) in [6.07, 6.45) is 0. The Balaban J connectivity index is 3.37. The summed E-state index contributed by atoms with van der Waals surface area (Å²) in [4.78, 5) is 0. The number of nitrogens with one attached hydrogen (secondary N) is 1. The zero-order valence-electron chi connectivity index (χ0n) is 10.7. The second-order valence-electron chi connectivity index (χ2n) is 6.23. The second-order valence-corrected chi connectivity index (χ2v) is 6.23. The van der Waals surface area contributed by atoms with Gasteiger partial charge in [0.2, 0.25) is 0 Å². The van der Waals surface area contributed by atoms with Crippen molar-refractivity contribution in [1.82, 2.24) is 5.73 Å². The molecule has 83 valence electrons. The molecule has 15 heavy (non-hydrogen) atoms. The van der Waals surface area contributed by atoms with Crippen LogP contribution in [0.2, 0.25) is 0 Å². The Morgan fingerprint density at radius 3 is 1.40 bits per heavy atom. The minimum atomic E-state index is 0.0539. The molecular formula is C14H22N. The summed E-state index contributed by atoms with van der Waals surface area (Å²) in [5.74, 6) is 0. The number of hydrogen-bond donors (Lipinski definition) is 0. The highest BCUT2D eigenvalue weighted by atomic mass is 14.6. The van der Waals surface area contributed by atoms with Gasteiger partial charge in [-0.15, -0.1) is 0 Å². The Morgan fingerprint density at radius 1 is 0.800 bits per heavy atom. The Labute approximate surface area is 93.7 Å². The Hall–Kier alpha value is -0.980. The van der Waals surface area contributed by atoms with Gasteiger partial charge in [-0.05, 0) is 22.0 Å². The van der Waals surface area contributed by atoms with Crippen LogP contribution in [0.15, 0.2) is 18.2 Å². The van der Waals surface area contributed by atoms with Crippen molar-refractivity contribution in [3.8, 4) is 0 Å². The average molecular weight is 204 g/mol. The van der Waals surface area contributed by atoms with Gasteiger partial charge in [-0.2, -0.15) is 0 Å². The molecule has 0 unspecified atom stereocenters. The highest BCUT2D eigenvalue weighted by Gasteiger charge is 2.23. The van der Waals surface area contributed by atoms with Crippen molar-refractivity contribution in [2.75, 3.05) is 0 Å². The van der Waals surface area contributed by atoms with Crippen molar-refractivity contribution in [1.29, 1.82) is 0 Å². The first-order chi connectivity index (χ1) is 6.64. The molecule has 1 N–H and O–H groups in total. The van der Waals surface area contributed by atoms with Crippen molar-refractivity contribution in [2.45, 2.75) is 52.4 Å². The van der Waals surface area contributed by atoms with Gasteiger partial charge in [-0.1, -0.05) is 59.7 Å². The highest BCUT2D eigenvalue weighted by molar-refractivity contribution is 5.56. The molecule has 0 aliphatic rings. The fourth-order valence-electron chi connectivity index (χ4n) is 1.80. The lowest BCUT2D eigenvalue weighted by molar-refractivity contribution is 0.570. The van der Waals surface area contributed by atoms with Crippen LogP contribution in [0.25, 0.3) is 0 Å². The predicted molar refractivity (Wildman–Crippen MR) is 66.6 cm³/mol. The molecule has 0 heterocycles. The molecule has 0 aliphatic carbocycles. The summed E-state index contributed by atoms with van der Waals surface area (Å²) < 4.78 is 0. The Kier molecular flexibility index (Phi) is 2.86. The molecular weight excluding hydrogens is 182 g/mol. The number of benzene rings is 1. The summed E-state index contributed by atoms with van der Waals surface area (Å²) in [5.41, 5.74) is 11.3. The van der Waals surface area contributed by atoms with E-state index in [2.05, 4.69) is 59.7 Å². The van der Waals surface area contributed by atoms with Crippen LogP contribution < -0.4 is 5.73 Å². The molecule has 1 heteroatoms. The minimum Gasteiger partial charge on any atom is -0.300 e. The highest BCUT2D eigenvalue weighted by Crippen LogP contribution is 2.36. The van der Waals surface area contributed by atoms with Crippen LogP contribution in [-0.2, 0) is 10.8 Å². The standard InChI is InChI=1S/C14H22N/c1-13(2,3)10-8-7-9-11(12(10)15)14(4,5)6/h7-9,15H,1-6H3. The van der Waals surface area contributed by atoms with Crippen LogP contribution in [-0.4, -0.2) is 0 Å². The lowest BCUT2D eigenvalue weighted by Gasteiger charge is -2.27. The first kappa shape index (κ1) is 12.1. The lowest BCUT2D eigenvalue weighted by atomic mass is 9.79. The maximum atomic E-state index is 8.26. The van der Waals surface area contributed by atoms with E-state index >= 15 is 0 Å². The third-order valence-electron chi connectivity index (χ3n) is 2.68. The van der Waals surface area contributed by atoms with E-state index in [-0.39, 0.29) is 10.8 Å². The monoisotopic (exact) mass is 204 g/mol. The topological polar surface area (TPSA) is 23.8 Å². The molecule has 1 aromatic rings. The van der Waals surface area contributed by atoms with E-state index in [9.17, 15) is 0 Å². The van der Waals surface area contributed by atoms with Crippen molar-refractivity contribution in [2.24, 2.45) is 0 Å². The summed E-state index contributed by atoms with van der Waals surface area (Å²) >= 11 is 0. The van der Waals surface area contributed by atoms with E-state index in [1.807, 2.05) is 0 Å². The molecule has 0 aromatic heterocycles. The van der Waals surface area contributed by atoms with Crippen LogP contribution >= 0.6 is 0 Å². The quantitative estimate of drug-likeness (QED) is 0.605. The zero-order chi connectivity index (χ0) is 11.9. The third kappa shape index (κ3) is 2.53. The molecule has 0 fully saturated rings. The summed E-state index contributed by atoms with van der Waals surface area (Å²) in [5, 5.41) is 0.